The first-order chi connectivity index (χ1) is 12.5. The van der Waals surface area contributed by atoms with Crippen molar-refractivity contribution >= 4 is 34.9 Å². The molecule has 2 aromatic carbocycles. The van der Waals surface area contributed by atoms with Crippen LogP contribution in [0, 0.1) is 6.92 Å². The number of hydrogen-bond acceptors (Lipinski definition) is 3. The number of anilines is 1. The number of methoxy groups -OCH3 is 1. The molecule has 0 aliphatic carbocycles. The quantitative estimate of drug-likeness (QED) is 0.689. The Kier molecular flexibility index (Phi) is 5.49. The van der Waals surface area contributed by atoms with E-state index in [9.17, 15) is 4.79 Å². The molecule has 3 rings (SSSR count). The van der Waals surface area contributed by atoms with E-state index in [0.29, 0.717) is 15.9 Å². The first-order valence-electron chi connectivity index (χ1n) is 7.91. The van der Waals surface area contributed by atoms with E-state index in [1.165, 1.54) is 0 Å². The van der Waals surface area contributed by atoms with Crippen molar-refractivity contribution < 1.29 is 9.53 Å². The molecule has 134 valence electrons. The largest absolute Gasteiger partial charge is 0.497 e. The van der Waals surface area contributed by atoms with Crippen LogP contribution < -0.4 is 10.1 Å². The van der Waals surface area contributed by atoms with Crippen molar-refractivity contribution in [2.75, 3.05) is 12.4 Å². The van der Waals surface area contributed by atoms with Gasteiger partial charge in [0.15, 0.2) is 5.82 Å². The first-order valence-corrected chi connectivity index (χ1v) is 8.67. The number of amides is 1. The highest BCUT2D eigenvalue weighted by atomic mass is 35.5. The molecule has 0 fully saturated rings. The zero-order valence-electron chi connectivity index (χ0n) is 14.3. The Hall–Kier alpha value is -2.50. The Balaban J connectivity index is 1.71. The van der Waals surface area contributed by atoms with Crippen LogP contribution in [0.3, 0.4) is 0 Å². The van der Waals surface area contributed by atoms with Gasteiger partial charge in [0.05, 0.1) is 29.3 Å². The second-order valence-corrected chi connectivity index (χ2v) is 6.57. The lowest BCUT2D eigenvalue weighted by Crippen LogP contribution is -2.15. The average molecular weight is 390 g/mol. The van der Waals surface area contributed by atoms with Gasteiger partial charge in [0.2, 0.25) is 5.91 Å². The van der Waals surface area contributed by atoms with Gasteiger partial charge in [-0.15, -0.1) is 5.10 Å². The van der Waals surface area contributed by atoms with E-state index < -0.39 is 0 Å². The van der Waals surface area contributed by atoms with Crippen molar-refractivity contribution in [1.29, 1.82) is 0 Å². The van der Waals surface area contributed by atoms with Crippen LogP contribution in [-0.2, 0) is 11.2 Å². The number of nitrogens with one attached hydrogen (secondary N) is 1. The highest BCUT2D eigenvalue weighted by molar-refractivity contribution is 6.42. The molecule has 0 saturated heterocycles. The number of halogens is 2. The molecule has 3 aromatic rings. The molecular formula is C19H17Cl2N3O2. The Morgan fingerprint density at radius 1 is 1.12 bits per heavy atom. The van der Waals surface area contributed by atoms with Gasteiger partial charge < -0.3 is 10.1 Å². The third-order valence-electron chi connectivity index (χ3n) is 3.83. The summed E-state index contributed by atoms with van der Waals surface area (Å²) in [5.74, 6) is 1.09. The zero-order chi connectivity index (χ0) is 18.7. The van der Waals surface area contributed by atoms with Gasteiger partial charge in [0, 0.05) is 11.8 Å². The van der Waals surface area contributed by atoms with Gasteiger partial charge in [-0.05, 0) is 42.8 Å². The summed E-state index contributed by atoms with van der Waals surface area (Å²) < 4.78 is 6.81. The van der Waals surface area contributed by atoms with Gasteiger partial charge in [-0.1, -0.05) is 35.3 Å². The molecule has 26 heavy (non-hydrogen) atoms. The molecule has 0 unspecified atom stereocenters. The van der Waals surface area contributed by atoms with Gasteiger partial charge in [0.1, 0.15) is 5.75 Å². The van der Waals surface area contributed by atoms with Crippen molar-refractivity contribution in [1.82, 2.24) is 9.78 Å². The van der Waals surface area contributed by atoms with Crippen LogP contribution >= 0.6 is 23.2 Å². The number of aryl methyl sites for hydroxylation is 1. The number of nitrogens with zero attached hydrogens (tertiary/aromatic N) is 2. The summed E-state index contributed by atoms with van der Waals surface area (Å²) in [7, 11) is 1.61. The Bertz CT molecular complexity index is 936. The molecular weight excluding hydrogens is 373 g/mol. The number of carbonyl (C=O) groups excluding carboxylic acids is 1. The highest BCUT2D eigenvalue weighted by Crippen LogP contribution is 2.25. The molecule has 1 aromatic heterocycles. The van der Waals surface area contributed by atoms with Crippen LogP contribution in [0.15, 0.2) is 48.5 Å². The smallest absolute Gasteiger partial charge is 0.229 e. The third kappa shape index (κ3) is 4.18. The molecule has 0 saturated carbocycles. The maximum absolute atomic E-state index is 12.3. The fourth-order valence-electron chi connectivity index (χ4n) is 2.53. The van der Waals surface area contributed by atoms with E-state index in [1.807, 2.05) is 37.3 Å². The number of hydrogen-bond donors (Lipinski definition) is 1. The molecule has 1 heterocycles. The molecule has 0 aliphatic rings. The summed E-state index contributed by atoms with van der Waals surface area (Å²) in [4.78, 5) is 12.3. The monoisotopic (exact) mass is 389 g/mol. The average Bonchev–Trinajstić information content (AvgIpc) is 2.98. The minimum absolute atomic E-state index is 0.144. The Morgan fingerprint density at radius 3 is 2.50 bits per heavy atom. The van der Waals surface area contributed by atoms with Gasteiger partial charge in [-0.25, -0.2) is 4.68 Å². The predicted molar refractivity (Wildman–Crippen MR) is 104 cm³/mol. The number of aromatic nitrogens is 2. The lowest BCUT2D eigenvalue weighted by Gasteiger charge is -2.06. The summed E-state index contributed by atoms with van der Waals surface area (Å²) in [6.07, 6.45) is 0.253. The van der Waals surface area contributed by atoms with Crippen LogP contribution in [0.2, 0.25) is 10.0 Å². The van der Waals surface area contributed by atoms with Crippen LogP contribution in [-0.4, -0.2) is 22.8 Å². The molecule has 0 atom stereocenters. The molecule has 0 aliphatic heterocycles. The highest BCUT2D eigenvalue weighted by Gasteiger charge is 2.11. The Labute approximate surface area is 161 Å². The standard InChI is InChI=1S/C19H17Cl2N3O2/c1-12-9-18(23-24(12)14-5-8-16(20)17(21)11-14)22-19(25)10-13-3-6-15(26-2)7-4-13/h3-9,11H,10H2,1-2H3,(H,22,23,25). The van der Waals surface area contributed by atoms with E-state index in [4.69, 9.17) is 27.9 Å². The number of rotatable bonds is 5. The van der Waals surface area contributed by atoms with Gasteiger partial charge in [-0.2, -0.15) is 0 Å². The lowest BCUT2D eigenvalue weighted by molar-refractivity contribution is -0.115. The van der Waals surface area contributed by atoms with E-state index in [2.05, 4.69) is 10.4 Å². The van der Waals surface area contributed by atoms with Crippen molar-refractivity contribution in [3.63, 3.8) is 0 Å². The minimum Gasteiger partial charge on any atom is -0.497 e. The van der Waals surface area contributed by atoms with Crippen LogP contribution in [0.25, 0.3) is 5.69 Å². The Morgan fingerprint density at radius 2 is 1.85 bits per heavy atom. The summed E-state index contributed by atoms with van der Waals surface area (Å²) in [6, 6.07) is 14.4. The van der Waals surface area contributed by atoms with Gasteiger partial charge in [-0.3, -0.25) is 4.79 Å². The summed E-state index contributed by atoms with van der Waals surface area (Å²) in [6.45, 7) is 1.90. The van der Waals surface area contributed by atoms with Crippen LogP contribution in [0.1, 0.15) is 11.3 Å². The fourth-order valence-corrected chi connectivity index (χ4v) is 2.82. The fraction of sp³-hybridized carbons (Fsp3) is 0.158. The van der Waals surface area contributed by atoms with E-state index in [1.54, 1.807) is 30.0 Å². The molecule has 0 bridgehead atoms. The van der Waals surface area contributed by atoms with Crippen LogP contribution in [0.5, 0.6) is 5.75 Å². The van der Waals surface area contributed by atoms with Crippen molar-refractivity contribution in [2.45, 2.75) is 13.3 Å². The lowest BCUT2D eigenvalue weighted by atomic mass is 10.1. The molecule has 0 spiro atoms. The maximum Gasteiger partial charge on any atom is 0.229 e. The van der Waals surface area contributed by atoms with Crippen molar-refractivity contribution in [2.24, 2.45) is 0 Å². The number of carbonyl (C=O) groups is 1. The third-order valence-corrected chi connectivity index (χ3v) is 4.57. The zero-order valence-corrected chi connectivity index (χ0v) is 15.8. The SMILES string of the molecule is COc1ccc(CC(=O)Nc2cc(C)n(-c3ccc(Cl)c(Cl)c3)n2)cc1. The molecule has 1 amide bonds. The second kappa shape index (κ2) is 7.81. The summed E-state index contributed by atoms with van der Waals surface area (Å²) >= 11 is 12.0. The van der Waals surface area contributed by atoms with Crippen molar-refractivity contribution in [3.05, 3.63) is 69.8 Å². The van der Waals surface area contributed by atoms with E-state index in [0.717, 1.165) is 22.7 Å². The van der Waals surface area contributed by atoms with Crippen molar-refractivity contribution in [3.8, 4) is 11.4 Å². The topological polar surface area (TPSA) is 56.1 Å². The molecule has 0 radical (unpaired) electrons. The normalized spacial score (nSPS) is 10.6. The minimum atomic E-state index is -0.144. The maximum atomic E-state index is 12.3. The number of ether oxygens (including phenoxy) is 1. The molecule has 7 heteroatoms. The van der Waals surface area contributed by atoms with E-state index in [-0.39, 0.29) is 12.3 Å². The van der Waals surface area contributed by atoms with Gasteiger partial charge in [0.25, 0.3) is 0 Å². The molecule has 1 N–H and O–H groups in total. The van der Waals surface area contributed by atoms with Gasteiger partial charge >= 0.3 is 0 Å². The van der Waals surface area contributed by atoms with Crippen LogP contribution in [0.4, 0.5) is 5.82 Å². The molecule has 5 nitrogen and oxygen atoms in total. The summed E-state index contributed by atoms with van der Waals surface area (Å²) in [5.41, 5.74) is 2.53. The van der Waals surface area contributed by atoms with E-state index >= 15 is 0 Å². The first kappa shape index (κ1) is 18.3. The summed E-state index contributed by atoms with van der Waals surface area (Å²) in [5, 5.41) is 8.17. The second-order valence-electron chi connectivity index (χ2n) is 5.75. The number of benzene rings is 2. The predicted octanol–water partition coefficient (Wildman–Crippen LogP) is 4.68.